The summed E-state index contributed by atoms with van der Waals surface area (Å²) in [6.07, 6.45) is -5.11. The molecule has 0 radical (unpaired) electrons. The number of nitrogens with zero attached hydrogens (tertiary/aromatic N) is 1. The van der Waals surface area contributed by atoms with Crippen LogP contribution in [0.3, 0.4) is 0 Å². The Bertz CT molecular complexity index is 958. The van der Waals surface area contributed by atoms with Gasteiger partial charge in [0, 0.05) is 7.11 Å². The molecule has 30 heavy (non-hydrogen) atoms. The highest BCUT2D eigenvalue weighted by atomic mass is 19.4. The van der Waals surface area contributed by atoms with Crippen LogP contribution in [0.5, 0.6) is 5.75 Å². The van der Waals surface area contributed by atoms with E-state index in [0.717, 1.165) is 12.1 Å². The summed E-state index contributed by atoms with van der Waals surface area (Å²) in [7, 11) is 1.41. The minimum absolute atomic E-state index is 0.0135. The molecular weight excluding hydrogens is 403 g/mol. The lowest BCUT2D eigenvalue weighted by Crippen LogP contribution is -2.29. The number of carbonyl (C=O) groups is 1. The second kappa shape index (κ2) is 8.74. The van der Waals surface area contributed by atoms with Crippen LogP contribution in [0.15, 0.2) is 47.5 Å². The highest BCUT2D eigenvalue weighted by Gasteiger charge is 2.33. The minimum atomic E-state index is -4.50. The largest absolute Gasteiger partial charge is 0.481 e. The molecule has 2 aromatic carbocycles. The number of aliphatic imine (C=N–C) groups is 1. The van der Waals surface area contributed by atoms with Crippen molar-refractivity contribution in [3.05, 3.63) is 59.2 Å². The third-order valence-corrected chi connectivity index (χ3v) is 4.61. The zero-order valence-electron chi connectivity index (χ0n) is 16.3. The summed E-state index contributed by atoms with van der Waals surface area (Å²) in [5, 5.41) is 9.49. The number of hydrogen-bond donors (Lipinski definition) is 1. The predicted octanol–water partition coefficient (Wildman–Crippen LogP) is 4.55. The summed E-state index contributed by atoms with van der Waals surface area (Å²) in [4.78, 5) is 15.8. The number of halogens is 3. The Morgan fingerprint density at radius 1 is 1.27 bits per heavy atom. The molecule has 0 saturated heterocycles. The molecule has 1 aliphatic rings. The number of ether oxygens (including phenoxy) is 3. The molecule has 1 aliphatic heterocycles. The van der Waals surface area contributed by atoms with Crippen LogP contribution >= 0.6 is 0 Å². The van der Waals surface area contributed by atoms with E-state index in [-0.39, 0.29) is 30.5 Å². The van der Waals surface area contributed by atoms with Crippen LogP contribution in [-0.4, -0.2) is 36.8 Å². The fourth-order valence-electron chi connectivity index (χ4n) is 3.10. The summed E-state index contributed by atoms with van der Waals surface area (Å²) < 4.78 is 55.3. The smallest absolute Gasteiger partial charge is 0.416 e. The monoisotopic (exact) mass is 423 g/mol. The summed E-state index contributed by atoms with van der Waals surface area (Å²) in [5.41, 5.74) is 0.314. The predicted molar refractivity (Wildman–Crippen MR) is 102 cm³/mol. The summed E-state index contributed by atoms with van der Waals surface area (Å²) in [6, 6.07) is 9.90. The average molecular weight is 423 g/mol. The van der Waals surface area contributed by atoms with Gasteiger partial charge in [-0.3, -0.25) is 4.79 Å². The van der Waals surface area contributed by atoms with E-state index in [2.05, 4.69) is 4.99 Å². The lowest BCUT2D eigenvalue weighted by Gasteiger charge is -2.24. The first-order valence-corrected chi connectivity index (χ1v) is 9.09. The van der Waals surface area contributed by atoms with Gasteiger partial charge in [-0.2, -0.15) is 13.2 Å². The van der Waals surface area contributed by atoms with Crippen LogP contribution in [-0.2, 0) is 27.1 Å². The van der Waals surface area contributed by atoms with E-state index in [1.807, 2.05) is 0 Å². The second-order valence-electron chi connectivity index (χ2n) is 6.72. The zero-order valence-corrected chi connectivity index (χ0v) is 16.3. The van der Waals surface area contributed by atoms with Gasteiger partial charge in [0.2, 0.25) is 5.90 Å². The molecule has 3 rings (SSSR count). The van der Waals surface area contributed by atoms with Crippen LogP contribution in [0, 0.1) is 0 Å². The summed E-state index contributed by atoms with van der Waals surface area (Å²) in [5.74, 6) is -1.58. The first-order chi connectivity index (χ1) is 14.2. The van der Waals surface area contributed by atoms with Gasteiger partial charge in [0.1, 0.15) is 24.0 Å². The minimum Gasteiger partial charge on any atom is -0.481 e. The normalized spacial score (nSPS) is 16.8. The molecule has 0 amide bonds. The molecule has 6 nitrogen and oxygen atoms in total. The van der Waals surface area contributed by atoms with Crippen molar-refractivity contribution in [1.82, 2.24) is 0 Å². The van der Waals surface area contributed by atoms with Crippen LogP contribution in [0.25, 0.3) is 0 Å². The number of alkyl halides is 3. The number of hydrogen-bond acceptors (Lipinski definition) is 5. The van der Waals surface area contributed by atoms with E-state index in [1.165, 1.54) is 13.2 Å². The van der Waals surface area contributed by atoms with E-state index in [9.17, 15) is 23.1 Å². The standard InChI is InChI=1S/C21H20F3NO5/c1-12-19(25-17-9-14(21(22,23)24)7-8-18(17)30-12)29-10-13-5-3-4-6-15(13)16(11-28-2)20(26)27/h3-9,12,16H,10-11H2,1-2H3,(H,26,27). The first kappa shape index (κ1) is 21.6. The lowest BCUT2D eigenvalue weighted by atomic mass is 9.95. The number of methoxy groups -OCH3 is 1. The topological polar surface area (TPSA) is 77.4 Å². The summed E-state index contributed by atoms with van der Waals surface area (Å²) in [6.45, 7) is 1.63. The number of carboxylic acids is 1. The molecule has 0 fully saturated rings. The Labute approximate surface area is 170 Å². The van der Waals surface area contributed by atoms with Crippen molar-refractivity contribution in [3.8, 4) is 5.75 Å². The van der Waals surface area contributed by atoms with E-state index < -0.39 is 29.7 Å². The molecule has 2 aromatic rings. The SMILES string of the molecule is COCC(C(=O)O)c1ccccc1COC1=Nc2cc(C(F)(F)F)ccc2OC1C. The molecule has 0 bridgehead atoms. The van der Waals surface area contributed by atoms with Crippen LogP contribution in [0.1, 0.15) is 29.5 Å². The van der Waals surface area contributed by atoms with E-state index >= 15 is 0 Å². The molecule has 1 N–H and O–H groups in total. The second-order valence-corrected chi connectivity index (χ2v) is 6.72. The Morgan fingerprint density at radius 3 is 2.67 bits per heavy atom. The van der Waals surface area contributed by atoms with Gasteiger partial charge in [0.15, 0.2) is 6.10 Å². The first-order valence-electron chi connectivity index (χ1n) is 9.09. The number of aliphatic carboxylic acids is 1. The fraction of sp³-hybridized carbons (Fsp3) is 0.333. The molecule has 2 unspecified atom stereocenters. The zero-order chi connectivity index (χ0) is 21.9. The van der Waals surface area contributed by atoms with Crippen molar-refractivity contribution in [1.29, 1.82) is 0 Å². The van der Waals surface area contributed by atoms with Crippen molar-refractivity contribution in [2.24, 2.45) is 4.99 Å². The number of rotatable bonds is 6. The van der Waals surface area contributed by atoms with Crippen molar-refractivity contribution < 1.29 is 37.3 Å². The van der Waals surface area contributed by atoms with Crippen molar-refractivity contribution in [2.75, 3.05) is 13.7 Å². The fourth-order valence-corrected chi connectivity index (χ4v) is 3.10. The lowest BCUT2D eigenvalue weighted by molar-refractivity contribution is -0.140. The van der Waals surface area contributed by atoms with Gasteiger partial charge in [-0.15, -0.1) is 0 Å². The Kier molecular flexibility index (Phi) is 6.31. The van der Waals surface area contributed by atoms with Gasteiger partial charge in [-0.25, -0.2) is 4.99 Å². The maximum absolute atomic E-state index is 13.0. The highest BCUT2D eigenvalue weighted by Crippen LogP contribution is 2.39. The molecule has 2 atom stereocenters. The van der Waals surface area contributed by atoms with Gasteiger partial charge in [0.25, 0.3) is 0 Å². The number of benzene rings is 2. The van der Waals surface area contributed by atoms with Crippen LogP contribution in [0.2, 0.25) is 0 Å². The van der Waals surface area contributed by atoms with E-state index in [1.54, 1.807) is 31.2 Å². The Balaban J connectivity index is 1.84. The van der Waals surface area contributed by atoms with Crippen LogP contribution in [0.4, 0.5) is 18.9 Å². The summed E-state index contributed by atoms with van der Waals surface area (Å²) >= 11 is 0. The van der Waals surface area contributed by atoms with Gasteiger partial charge >= 0.3 is 12.1 Å². The van der Waals surface area contributed by atoms with Crippen molar-refractivity contribution in [2.45, 2.75) is 31.7 Å². The molecular formula is C21H20F3NO5. The van der Waals surface area contributed by atoms with Crippen molar-refractivity contribution >= 4 is 17.6 Å². The molecule has 1 heterocycles. The third-order valence-electron chi connectivity index (χ3n) is 4.61. The maximum Gasteiger partial charge on any atom is 0.416 e. The van der Waals surface area contributed by atoms with E-state index in [4.69, 9.17) is 14.2 Å². The van der Waals surface area contributed by atoms with Gasteiger partial charge < -0.3 is 19.3 Å². The molecule has 9 heteroatoms. The molecule has 0 aliphatic carbocycles. The molecule has 160 valence electrons. The Hall–Kier alpha value is -3.07. The maximum atomic E-state index is 13.0. The highest BCUT2D eigenvalue weighted by molar-refractivity contribution is 5.86. The Morgan fingerprint density at radius 2 is 2.00 bits per heavy atom. The average Bonchev–Trinajstić information content (AvgIpc) is 2.69. The quantitative estimate of drug-likeness (QED) is 0.738. The van der Waals surface area contributed by atoms with Crippen molar-refractivity contribution in [3.63, 3.8) is 0 Å². The number of carboxylic acid groups (broad SMARTS) is 1. The van der Waals surface area contributed by atoms with Crippen LogP contribution < -0.4 is 4.74 Å². The third kappa shape index (κ3) is 4.73. The van der Waals surface area contributed by atoms with Gasteiger partial charge in [-0.05, 0) is 36.2 Å². The molecule has 0 aromatic heterocycles. The van der Waals surface area contributed by atoms with Gasteiger partial charge in [-0.1, -0.05) is 24.3 Å². The molecule has 0 saturated carbocycles. The van der Waals surface area contributed by atoms with E-state index in [0.29, 0.717) is 11.1 Å². The van der Waals surface area contributed by atoms with Gasteiger partial charge in [0.05, 0.1) is 12.2 Å². The number of fused-ring (bicyclic) bond motifs is 1. The molecule has 0 spiro atoms.